The minimum absolute atomic E-state index is 0.0710. The van der Waals surface area contributed by atoms with Crippen LogP contribution in [0.1, 0.15) is 79.1 Å². The molecule has 0 aromatic carbocycles. The molecule has 5 N–H and O–H groups in total. The number of amides is 5. The number of hydrogen-bond donors (Lipinski definition) is 4. The second kappa shape index (κ2) is 16.6. The third-order valence-electron chi connectivity index (χ3n) is 8.95. The summed E-state index contributed by atoms with van der Waals surface area (Å²) in [5.41, 5.74) is 4.58. The highest BCUT2D eigenvalue weighted by Crippen LogP contribution is 2.32. The lowest BCUT2D eigenvalue weighted by atomic mass is 9.80. The van der Waals surface area contributed by atoms with Crippen molar-refractivity contribution in [2.75, 3.05) is 13.1 Å². The molecule has 1 saturated carbocycles. The number of urea groups is 1. The summed E-state index contributed by atoms with van der Waals surface area (Å²) in [4.78, 5) is 79.5. The second-order valence-electron chi connectivity index (χ2n) is 13.7. The SMILES string of the molecule is C=CC1/C=C\C=C/CCC(C(NC(=O)NCC(=O)OC(C)(C)C)C(=O)N2CCC(C)[C@H]2C(=O)NC(CC2CCC2)C(=O)C(N)=O)C1. The van der Waals surface area contributed by atoms with Crippen LogP contribution >= 0.6 is 0 Å². The van der Waals surface area contributed by atoms with E-state index in [1.807, 2.05) is 31.2 Å². The van der Waals surface area contributed by atoms with Crippen LogP contribution in [-0.2, 0) is 28.7 Å². The number of nitrogens with one attached hydrogen (secondary N) is 3. The minimum Gasteiger partial charge on any atom is -0.459 e. The van der Waals surface area contributed by atoms with Gasteiger partial charge in [0.05, 0.1) is 6.04 Å². The van der Waals surface area contributed by atoms with Crippen LogP contribution in [0.15, 0.2) is 37.0 Å². The fourth-order valence-corrected chi connectivity index (χ4v) is 6.31. The molecule has 3 rings (SSSR count). The highest BCUT2D eigenvalue weighted by molar-refractivity contribution is 6.37. The van der Waals surface area contributed by atoms with Gasteiger partial charge in [0.1, 0.15) is 24.2 Å². The summed E-state index contributed by atoms with van der Waals surface area (Å²) in [6.07, 6.45) is 15.1. The highest BCUT2D eigenvalue weighted by Gasteiger charge is 2.45. The Morgan fingerprint density at radius 2 is 1.78 bits per heavy atom. The molecular weight excluding hydrogens is 590 g/mol. The molecule has 254 valence electrons. The van der Waals surface area contributed by atoms with Crippen LogP contribution in [-0.4, -0.2) is 77.2 Å². The van der Waals surface area contributed by atoms with E-state index in [4.69, 9.17) is 10.5 Å². The van der Waals surface area contributed by atoms with Gasteiger partial charge >= 0.3 is 12.0 Å². The molecule has 1 saturated heterocycles. The first-order chi connectivity index (χ1) is 21.7. The normalized spacial score (nSPS) is 26.0. The van der Waals surface area contributed by atoms with Crippen molar-refractivity contribution in [3.8, 4) is 0 Å². The Morgan fingerprint density at radius 3 is 2.39 bits per heavy atom. The van der Waals surface area contributed by atoms with Crippen molar-refractivity contribution in [3.05, 3.63) is 37.0 Å². The van der Waals surface area contributed by atoms with Gasteiger partial charge in [0, 0.05) is 6.54 Å². The summed E-state index contributed by atoms with van der Waals surface area (Å²) in [6, 6.07) is -3.72. The lowest BCUT2D eigenvalue weighted by Gasteiger charge is -2.35. The van der Waals surface area contributed by atoms with Crippen LogP contribution in [0.2, 0.25) is 0 Å². The van der Waals surface area contributed by atoms with Crippen LogP contribution in [0.25, 0.3) is 0 Å². The predicted octanol–water partition coefficient (Wildman–Crippen LogP) is 2.68. The summed E-state index contributed by atoms with van der Waals surface area (Å²) in [7, 11) is 0. The topological polar surface area (TPSA) is 177 Å². The summed E-state index contributed by atoms with van der Waals surface area (Å²) in [5.74, 6) is -4.00. The number of allylic oxidation sites excluding steroid dienone is 5. The Morgan fingerprint density at radius 1 is 1.07 bits per heavy atom. The highest BCUT2D eigenvalue weighted by atomic mass is 16.6. The quantitative estimate of drug-likeness (QED) is 0.144. The van der Waals surface area contributed by atoms with Crippen molar-refractivity contribution in [2.45, 2.75) is 103 Å². The van der Waals surface area contributed by atoms with E-state index in [-0.39, 0.29) is 30.2 Å². The zero-order chi connectivity index (χ0) is 34.0. The van der Waals surface area contributed by atoms with Gasteiger partial charge in [-0.05, 0) is 76.5 Å². The number of carbonyl (C=O) groups excluding carboxylic acids is 6. The third-order valence-corrected chi connectivity index (χ3v) is 8.95. The number of ether oxygens (including phenoxy) is 1. The summed E-state index contributed by atoms with van der Waals surface area (Å²) >= 11 is 0. The van der Waals surface area contributed by atoms with Crippen LogP contribution in [0.5, 0.6) is 0 Å². The first-order valence-electron chi connectivity index (χ1n) is 16.4. The molecule has 2 aliphatic carbocycles. The van der Waals surface area contributed by atoms with Crippen molar-refractivity contribution in [1.82, 2.24) is 20.9 Å². The van der Waals surface area contributed by atoms with Crippen LogP contribution < -0.4 is 21.7 Å². The molecule has 12 nitrogen and oxygen atoms in total. The first kappa shape index (κ1) is 36.5. The van der Waals surface area contributed by atoms with Crippen molar-refractivity contribution in [3.63, 3.8) is 0 Å². The molecule has 1 heterocycles. The van der Waals surface area contributed by atoms with E-state index in [2.05, 4.69) is 22.5 Å². The van der Waals surface area contributed by atoms with Gasteiger partial charge in [-0.2, -0.15) is 0 Å². The average molecular weight is 642 g/mol. The van der Waals surface area contributed by atoms with Gasteiger partial charge in [0.15, 0.2) is 0 Å². The van der Waals surface area contributed by atoms with Crippen LogP contribution in [0.4, 0.5) is 4.79 Å². The molecule has 1 aliphatic heterocycles. The van der Waals surface area contributed by atoms with Gasteiger partial charge in [0.2, 0.25) is 17.6 Å². The van der Waals surface area contributed by atoms with Gasteiger partial charge in [-0.3, -0.25) is 24.0 Å². The lowest BCUT2D eigenvalue weighted by molar-refractivity contribution is -0.153. The Hall–Kier alpha value is -3.96. The zero-order valence-electron chi connectivity index (χ0n) is 27.6. The number of nitrogens with zero attached hydrogens (tertiary/aromatic N) is 1. The number of ketones is 1. The zero-order valence-corrected chi connectivity index (χ0v) is 27.6. The third kappa shape index (κ3) is 10.6. The fraction of sp³-hybridized carbons (Fsp3) is 0.647. The van der Waals surface area contributed by atoms with Crippen LogP contribution in [0, 0.1) is 23.7 Å². The molecule has 0 bridgehead atoms. The van der Waals surface area contributed by atoms with Crippen molar-refractivity contribution < 1.29 is 33.5 Å². The maximum Gasteiger partial charge on any atom is 0.325 e. The van der Waals surface area contributed by atoms with E-state index in [9.17, 15) is 28.8 Å². The molecule has 0 radical (unpaired) electrons. The van der Waals surface area contributed by atoms with E-state index in [0.29, 0.717) is 32.1 Å². The van der Waals surface area contributed by atoms with E-state index in [1.165, 1.54) is 4.90 Å². The smallest absolute Gasteiger partial charge is 0.325 e. The van der Waals surface area contributed by atoms with Gasteiger partial charge in [-0.15, -0.1) is 6.58 Å². The van der Waals surface area contributed by atoms with E-state index < -0.39 is 65.8 Å². The molecule has 0 aromatic heterocycles. The first-order valence-corrected chi connectivity index (χ1v) is 16.4. The maximum atomic E-state index is 14.4. The molecule has 46 heavy (non-hydrogen) atoms. The van der Waals surface area contributed by atoms with Crippen LogP contribution in [0.3, 0.4) is 0 Å². The maximum absolute atomic E-state index is 14.4. The van der Waals surface area contributed by atoms with Gasteiger partial charge in [-0.25, -0.2) is 4.79 Å². The largest absolute Gasteiger partial charge is 0.459 e. The molecule has 3 aliphatic rings. The standard InChI is InChI=1S/C34H51N5O7/c1-6-22-12-9-7-8-10-15-24(18-22)27(38-33(45)36-20-26(40)46-34(3,4)5)32(44)39-17-16-21(2)28(39)31(43)37-25(29(41)30(35)42)19-23-13-11-14-23/h6-9,12,21-25,27-28H,1,10-11,13-20H2,2-5H3,(H2,35,42)(H,37,43)(H2,36,38,45)/b8-7-,12-9-/t21?,22?,24?,25?,27?,28-/m0/s1. The van der Waals surface area contributed by atoms with Gasteiger partial charge in [0.25, 0.3) is 5.91 Å². The number of esters is 1. The molecule has 5 unspecified atom stereocenters. The van der Waals surface area contributed by atoms with E-state index in [1.54, 1.807) is 26.8 Å². The summed E-state index contributed by atoms with van der Waals surface area (Å²) < 4.78 is 5.28. The number of rotatable bonds is 12. The Kier molecular flexibility index (Phi) is 13.1. The second-order valence-corrected chi connectivity index (χ2v) is 13.7. The molecular formula is C34H51N5O7. The fourth-order valence-electron chi connectivity index (χ4n) is 6.31. The Labute approximate surface area is 272 Å². The number of carbonyl (C=O) groups is 6. The number of likely N-dealkylation sites (tertiary alicyclic amines) is 1. The van der Waals surface area contributed by atoms with E-state index in [0.717, 1.165) is 19.3 Å². The van der Waals surface area contributed by atoms with E-state index >= 15 is 0 Å². The Bertz CT molecular complexity index is 1220. The number of hydrogen-bond acceptors (Lipinski definition) is 7. The Balaban J connectivity index is 1.85. The van der Waals surface area contributed by atoms with Crippen molar-refractivity contribution in [2.24, 2.45) is 29.4 Å². The predicted molar refractivity (Wildman–Crippen MR) is 173 cm³/mol. The number of Topliss-reactive ketones (excluding diaryl/α,β-unsaturated/α-hetero) is 1. The average Bonchev–Trinajstić information content (AvgIpc) is 3.40. The monoisotopic (exact) mass is 641 g/mol. The number of nitrogens with two attached hydrogens (primary N) is 1. The minimum atomic E-state index is -1.11. The molecule has 0 aromatic rings. The van der Waals surface area contributed by atoms with Gasteiger partial charge in [-0.1, -0.05) is 56.6 Å². The summed E-state index contributed by atoms with van der Waals surface area (Å²) in [6.45, 7) is 10.8. The molecule has 5 amide bonds. The summed E-state index contributed by atoms with van der Waals surface area (Å²) in [5, 5.41) is 8.05. The van der Waals surface area contributed by atoms with Crippen molar-refractivity contribution in [1.29, 1.82) is 0 Å². The molecule has 0 spiro atoms. The molecule has 12 heteroatoms. The number of primary amides is 1. The van der Waals surface area contributed by atoms with Crippen molar-refractivity contribution >= 4 is 35.5 Å². The molecule has 2 fully saturated rings. The molecule has 6 atom stereocenters. The lowest BCUT2D eigenvalue weighted by Crippen LogP contribution is -2.59. The van der Waals surface area contributed by atoms with Gasteiger partial charge < -0.3 is 31.3 Å².